The van der Waals surface area contributed by atoms with E-state index in [0.717, 1.165) is 30.9 Å². The van der Waals surface area contributed by atoms with Crippen LogP contribution in [0.3, 0.4) is 0 Å². The molecule has 7 heteroatoms. The van der Waals surface area contributed by atoms with Crippen molar-refractivity contribution in [1.29, 1.82) is 0 Å². The summed E-state index contributed by atoms with van der Waals surface area (Å²) in [7, 11) is -1.77. The molecular formula is C18H27N3O3S. The van der Waals surface area contributed by atoms with E-state index in [-0.39, 0.29) is 12.3 Å². The average Bonchev–Trinajstić information content (AvgIpc) is 2.89. The number of benzene rings is 1. The highest BCUT2D eigenvalue weighted by molar-refractivity contribution is 7.89. The zero-order chi connectivity index (χ0) is 18.0. The van der Waals surface area contributed by atoms with Crippen molar-refractivity contribution in [1.82, 2.24) is 9.21 Å². The quantitative estimate of drug-likeness (QED) is 0.720. The first-order chi connectivity index (χ1) is 11.9. The lowest BCUT2D eigenvalue weighted by Crippen LogP contribution is -2.48. The van der Waals surface area contributed by atoms with Crippen molar-refractivity contribution < 1.29 is 13.2 Å². The number of rotatable bonds is 6. The van der Waals surface area contributed by atoms with Gasteiger partial charge in [-0.3, -0.25) is 4.79 Å². The number of nitrogens with zero attached hydrogens (tertiary/aromatic N) is 3. The Morgan fingerprint density at radius 2 is 1.80 bits per heavy atom. The molecule has 1 saturated heterocycles. The van der Waals surface area contributed by atoms with Crippen molar-refractivity contribution in [3.05, 3.63) is 23.8 Å². The molecule has 0 radical (unpaired) electrons. The highest BCUT2D eigenvalue weighted by Crippen LogP contribution is 2.30. The van der Waals surface area contributed by atoms with Gasteiger partial charge >= 0.3 is 0 Å². The van der Waals surface area contributed by atoms with E-state index in [1.165, 1.54) is 19.3 Å². The molecule has 2 aliphatic heterocycles. The summed E-state index contributed by atoms with van der Waals surface area (Å²) in [6, 6.07) is 5.03. The van der Waals surface area contributed by atoms with Crippen molar-refractivity contribution >= 4 is 21.6 Å². The second-order valence-corrected chi connectivity index (χ2v) is 8.81. The summed E-state index contributed by atoms with van der Waals surface area (Å²) >= 11 is 0. The van der Waals surface area contributed by atoms with Crippen LogP contribution in [-0.2, 0) is 21.2 Å². The minimum absolute atomic E-state index is 0.00485. The summed E-state index contributed by atoms with van der Waals surface area (Å²) in [6.07, 6.45) is 3.88. The predicted octanol–water partition coefficient (Wildman–Crippen LogP) is 1.70. The summed E-state index contributed by atoms with van der Waals surface area (Å²) in [4.78, 5) is 16.0. The first-order valence-electron chi connectivity index (χ1n) is 9.05. The second-order valence-electron chi connectivity index (χ2n) is 6.87. The van der Waals surface area contributed by atoms with Gasteiger partial charge in [0.05, 0.1) is 11.3 Å². The van der Waals surface area contributed by atoms with Gasteiger partial charge in [-0.05, 0) is 36.7 Å². The number of fused-ring (bicyclic) bond motifs is 1. The Morgan fingerprint density at radius 3 is 2.48 bits per heavy atom. The molecule has 3 rings (SSSR count). The Hall–Kier alpha value is -1.44. The Bertz CT molecular complexity index is 740. The maximum Gasteiger partial charge on any atom is 0.243 e. The Balaban J connectivity index is 1.67. The van der Waals surface area contributed by atoms with Crippen LogP contribution >= 0.6 is 0 Å². The number of anilines is 1. The van der Waals surface area contributed by atoms with Crippen LogP contribution in [0.5, 0.6) is 0 Å². The number of carbonyl (C=O) groups is 1. The monoisotopic (exact) mass is 365 g/mol. The van der Waals surface area contributed by atoms with E-state index in [1.807, 2.05) is 0 Å². The summed E-state index contributed by atoms with van der Waals surface area (Å²) < 4.78 is 27.4. The van der Waals surface area contributed by atoms with Crippen LogP contribution in [0, 0.1) is 0 Å². The Labute approximate surface area is 150 Å². The zero-order valence-corrected chi connectivity index (χ0v) is 15.9. The van der Waals surface area contributed by atoms with Crippen LogP contribution in [0.25, 0.3) is 0 Å². The van der Waals surface area contributed by atoms with Crippen LogP contribution < -0.4 is 4.90 Å². The van der Waals surface area contributed by atoms with Gasteiger partial charge in [-0.25, -0.2) is 8.42 Å². The average molecular weight is 365 g/mol. The summed E-state index contributed by atoms with van der Waals surface area (Å²) in [5, 5.41) is 0. The standard InChI is InChI=1S/C18H27N3O3S/c1-3-4-5-8-20-9-11-21(12-10-20)25(23,24)16-6-7-17-15(13-16)14-18(22)19(17)2/h6-7,13H,3-5,8-12,14H2,1-2H3. The van der Waals surface area contributed by atoms with Crippen molar-refractivity contribution in [2.75, 3.05) is 44.7 Å². The minimum Gasteiger partial charge on any atom is -0.315 e. The van der Waals surface area contributed by atoms with Crippen LogP contribution in [0.4, 0.5) is 5.69 Å². The smallest absolute Gasteiger partial charge is 0.243 e. The van der Waals surface area contributed by atoms with E-state index in [9.17, 15) is 13.2 Å². The summed E-state index contributed by atoms with van der Waals surface area (Å²) in [5.74, 6) is 0.00485. The van der Waals surface area contributed by atoms with Gasteiger partial charge in [0.15, 0.2) is 0 Å². The molecule has 0 saturated carbocycles. The molecule has 2 heterocycles. The molecule has 1 aromatic rings. The fourth-order valence-corrected chi connectivity index (χ4v) is 5.01. The van der Waals surface area contributed by atoms with E-state index >= 15 is 0 Å². The van der Waals surface area contributed by atoms with Gasteiger partial charge in [0, 0.05) is 38.9 Å². The molecule has 0 atom stereocenters. The Kier molecular flexibility index (Phi) is 5.46. The number of carbonyl (C=O) groups excluding carboxylic acids is 1. The van der Waals surface area contributed by atoms with Crippen LogP contribution in [-0.4, -0.2) is 63.3 Å². The second kappa shape index (κ2) is 7.43. The maximum atomic E-state index is 12.9. The molecule has 138 valence electrons. The Morgan fingerprint density at radius 1 is 1.08 bits per heavy atom. The van der Waals surface area contributed by atoms with Gasteiger partial charge in [-0.15, -0.1) is 0 Å². The first kappa shape index (κ1) is 18.4. The fourth-order valence-electron chi connectivity index (χ4n) is 3.53. The zero-order valence-electron chi connectivity index (χ0n) is 15.1. The third kappa shape index (κ3) is 3.73. The molecule has 0 aromatic heterocycles. The van der Waals surface area contributed by atoms with Gasteiger partial charge < -0.3 is 9.80 Å². The highest BCUT2D eigenvalue weighted by atomic mass is 32.2. The van der Waals surface area contributed by atoms with E-state index in [4.69, 9.17) is 0 Å². The van der Waals surface area contributed by atoms with Crippen LogP contribution in [0.2, 0.25) is 0 Å². The van der Waals surface area contributed by atoms with Crippen molar-refractivity contribution in [3.63, 3.8) is 0 Å². The summed E-state index contributed by atoms with van der Waals surface area (Å²) in [5.41, 5.74) is 1.61. The number of amides is 1. The number of unbranched alkanes of at least 4 members (excludes halogenated alkanes) is 2. The topological polar surface area (TPSA) is 60.9 Å². The van der Waals surface area contributed by atoms with Gasteiger partial charge in [-0.1, -0.05) is 19.8 Å². The molecule has 0 aliphatic carbocycles. The third-order valence-electron chi connectivity index (χ3n) is 5.18. The molecule has 2 aliphatic rings. The van der Waals surface area contributed by atoms with Gasteiger partial charge in [0.25, 0.3) is 0 Å². The number of sulfonamides is 1. The maximum absolute atomic E-state index is 12.9. The molecule has 0 unspecified atom stereocenters. The first-order valence-corrected chi connectivity index (χ1v) is 10.5. The van der Waals surface area contributed by atoms with E-state index in [1.54, 1.807) is 34.5 Å². The van der Waals surface area contributed by atoms with E-state index in [2.05, 4.69) is 11.8 Å². The minimum atomic E-state index is -3.49. The fraction of sp³-hybridized carbons (Fsp3) is 0.611. The number of piperazine rings is 1. The number of hydrogen-bond donors (Lipinski definition) is 0. The highest BCUT2D eigenvalue weighted by Gasteiger charge is 2.31. The molecule has 1 fully saturated rings. The molecule has 0 spiro atoms. The summed E-state index contributed by atoms with van der Waals surface area (Å²) in [6.45, 7) is 5.88. The van der Waals surface area contributed by atoms with Gasteiger partial charge in [-0.2, -0.15) is 4.31 Å². The van der Waals surface area contributed by atoms with Crippen LogP contribution in [0.15, 0.2) is 23.1 Å². The number of likely N-dealkylation sites (N-methyl/N-ethyl adjacent to an activating group) is 1. The molecule has 25 heavy (non-hydrogen) atoms. The molecule has 6 nitrogen and oxygen atoms in total. The molecule has 0 bridgehead atoms. The third-order valence-corrected chi connectivity index (χ3v) is 7.07. The van der Waals surface area contributed by atoms with E-state index in [0.29, 0.717) is 18.0 Å². The molecule has 1 amide bonds. The molecule has 0 N–H and O–H groups in total. The van der Waals surface area contributed by atoms with Gasteiger partial charge in [0.2, 0.25) is 15.9 Å². The largest absolute Gasteiger partial charge is 0.315 e. The van der Waals surface area contributed by atoms with Crippen molar-refractivity contribution in [3.8, 4) is 0 Å². The normalized spacial score (nSPS) is 19.4. The van der Waals surface area contributed by atoms with Crippen molar-refractivity contribution in [2.24, 2.45) is 0 Å². The lowest BCUT2D eigenvalue weighted by atomic mass is 10.2. The molecular weight excluding hydrogens is 338 g/mol. The lowest BCUT2D eigenvalue weighted by molar-refractivity contribution is -0.117. The van der Waals surface area contributed by atoms with Gasteiger partial charge in [0.1, 0.15) is 0 Å². The lowest BCUT2D eigenvalue weighted by Gasteiger charge is -2.34. The van der Waals surface area contributed by atoms with Crippen LogP contribution in [0.1, 0.15) is 31.7 Å². The van der Waals surface area contributed by atoms with Crippen molar-refractivity contribution in [2.45, 2.75) is 37.5 Å². The van der Waals surface area contributed by atoms with E-state index < -0.39 is 10.0 Å². The number of hydrogen-bond acceptors (Lipinski definition) is 4. The predicted molar refractivity (Wildman–Crippen MR) is 98.3 cm³/mol. The molecule has 1 aromatic carbocycles. The SMILES string of the molecule is CCCCCN1CCN(S(=O)(=O)c2ccc3c(c2)CC(=O)N3C)CC1.